The third-order valence-electron chi connectivity index (χ3n) is 3.99. The Balaban J connectivity index is 1.79. The molecule has 21 heavy (non-hydrogen) atoms. The molecular weight excluding hydrogens is 268 g/mol. The Bertz CT molecular complexity index is 658. The Morgan fingerprint density at radius 3 is 2.81 bits per heavy atom. The molecule has 1 saturated heterocycles. The Hall–Kier alpha value is -2.11. The van der Waals surface area contributed by atoms with Gasteiger partial charge in [0.2, 0.25) is 0 Å². The molecule has 0 saturated carbocycles. The minimum absolute atomic E-state index is 0.0308. The van der Waals surface area contributed by atoms with Crippen molar-refractivity contribution in [2.24, 2.45) is 0 Å². The van der Waals surface area contributed by atoms with Crippen LogP contribution in [0.4, 0.5) is 0 Å². The van der Waals surface area contributed by atoms with Crippen LogP contribution in [0.3, 0.4) is 0 Å². The van der Waals surface area contributed by atoms with E-state index in [9.17, 15) is 4.79 Å². The van der Waals surface area contributed by atoms with Crippen molar-refractivity contribution in [3.8, 4) is 0 Å². The van der Waals surface area contributed by atoms with Crippen LogP contribution in [0.15, 0.2) is 16.7 Å². The van der Waals surface area contributed by atoms with Gasteiger partial charge in [0.05, 0.1) is 12.3 Å². The minimum Gasteiger partial charge on any atom is -0.459 e. The van der Waals surface area contributed by atoms with Crippen molar-refractivity contribution < 1.29 is 9.21 Å². The van der Waals surface area contributed by atoms with Crippen molar-refractivity contribution in [2.75, 3.05) is 13.1 Å². The lowest BCUT2D eigenvalue weighted by atomic mass is 10.1. The smallest absolute Gasteiger partial charge is 0.289 e. The monoisotopic (exact) mass is 288 g/mol. The van der Waals surface area contributed by atoms with Crippen LogP contribution in [0.25, 0.3) is 0 Å². The number of aryl methyl sites for hydroxylation is 3. The van der Waals surface area contributed by atoms with Gasteiger partial charge in [0.1, 0.15) is 11.6 Å². The number of rotatable bonds is 2. The number of piperidine rings is 1. The topological polar surface area (TPSA) is 64.2 Å². The number of hydrogen-bond acceptors (Lipinski definition) is 4. The zero-order valence-electron chi connectivity index (χ0n) is 12.7. The highest BCUT2D eigenvalue weighted by Gasteiger charge is 2.29. The molecule has 0 bridgehead atoms. The van der Waals surface area contributed by atoms with Gasteiger partial charge >= 0.3 is 0 Å². The Kier molecular flexibility index (Phi) is 3.53. The number of aromatic nitrogens is 3. The molecule has 2 aromatic rings. The lowest BCUT2D eigenvalue weighted by molar-refractivity contribution is 0.0638. The maximum absolute atomic E-state index is 12.5. The second-order valence-corrected chi connectivity index (χ2v) is 5.63. The second-order valence-electron chi connectivity index (χ2n) is 5.63. The van der Waals surface area contributed by atoms with Gasteiger partial charge in [-0.2, -0.15) is 5.10 Å². The standard InChI is InChI=1S/C15H20N4O2/c1-10-6-8-21-14(10)15(20)18-7-4-5-13(9-18)19-12(3)16-11(2)17-19/h6,8,13H,4-5,7,9H2,1-3H3/t13-/m1/s1. The molecule has 1 amide bonds. The first-order valence-corrected chi connectivity index (χ1v) is 7.29. The SMILES string of the molecule is Cc1nc(C)n([C@@H]2CCCN(C(=O)c3occc3C)C2)n1. The molecule has 0 N–H and O–H groups in total. The maximum atomic E-state index is 12.5. The van der Waals surface area contributed by atoms with Crippen LogP contribution < -0.4 is 0 Å². The van der Waals surface area contributed by atoms with Crippen LogP contribution in [0.2, 0.25) is 0 Å². The molecule has 0 radical (unpaired) electrons. The predicted octanol–water partition coefficient (Wildman–Crippen LogP) is 2.27. The third kappa shape index (κ3) is 2.57. The molecule has 6 heteroatoms. The molecule has 3 rings (SSSR count). The fourth-order valence-corrected chi connectivity index (χ4v) is 2.96. The first-order valence-electron chi connectivity index (χ1n) is 7.29. The number of carbonyl (C=O) groups excluding carboxylic acids is 1. The van der Waals surface area contributed by atoms with Crippen LogP contribution in [-0.4, -0.2) is 38.7 Å². The van der Waals surface area contributed by atoms with Gasteiger partial charge in [-0.05, 0) is 39.7 Å². The quantitative estimate of drug-likeness (QED) is 0.850. The highest BCUT2D eigenvalue weighted by Crippen LogP contribution is 2.24. The van der Waals surface area contributed by atoms with Crippen LogP contribution in [0, 0.1) is 20.8 Å². The summed E-state index contributed by atoms with van der Waals surface area (Å²) in [6.45, 7) is 7.16. The summed E-state index contributed by atoms with van der Waals surface area (Å²) in [5.74, 6) is 2.10. The molecule has 0 unspecified atom stereocenters. The average Bonchev–Trinajstić information content (AvgIpc) is 3.03. The average molecular weight is 288 g/mol. The van der Waals surface area contributed by atoms with E-state index in [1.807, 2.05) is 36.4 Å². The molecule has 6 nitrogen and oxygen atoms in total. The lowest BCUT2D eigenvalue weighted by Crippen LogP contribution is -2.41. The lowest BCUT2D eigenvalue weighted by Gasteiger charge is -2.32. The van der Waals surface area contributed by atoms with E-state index in [4.69, 9.17) is 4.42 Å². The van der Waals surface area contributed by atoms with Gasteiger partial charge in [-0.15, -0.1) is 0 Å². The first-order chi connectivity index (χ1) is 10.1. The maximum Gasteiger partial charge on any atom is 0.289 e. The highest BCUT2D eigenvalue weighted by molar-refractivity contribution is 5.92. The molecule has 0 aliphatic carbocycles. The van der Waals surface area contributed by atoms with Gasteiger partial charge in [-0.3, -0.25) is 4.79 Å². The summed E-state index contributed by atoms with van der Waals surface area (Å²) in [5, 5.41) is 4.45. The van der Waals surface area contributed by atoms with E-state index < -0.39 is 0 Å². The van der Waals surface area contributed by atoms with Gasteiger partial charge in [-0.1, -0.05) is 0 Å². The van der Waals surface area contributed by atoms with Crippen LogP contribution >= 0.6 is 0 Å². The fraction of sp³-hybridized carbons (Fsp3) is 0.533. The molecular formula is C15H20N4O2. The number of likely N-dealkylation sites (tertiary alicyclic amines) is 1. The fourth-order valence-electron chi connectivity index (χ4n) is 2.96. The summed E-state index contributed by atoms with van der Waals surface area (Å²) < 4.78 is 7.27. The number of hydrogen-bond donors (Lipinski definition) is 0. The van der Waals surface area contributed by atoms with E-state index in [1.165, 1.54) is 0 Å². The van der Waals surface area contributed by atoms with Crippen molar-refractivity contribution in [2.45, 2.75) is 39.7 Å². The Morgan fingerprint density at radius 2 is 2.19 bits per heavy atom. The molecule has 2 aromatic heterocycles. The summed E-state index contributed by atoms with van der Waals surface area (Å²) in [4.78, 5) is 18.7. The minimum atomic E-state index is -0.0308. The van der Waals surface area contributed by atoms with Gasteiger partial charge in [0.25, 0.3) is 5.91 Å². The normalized spacial score (nSPS) is 19.0. The summed E-state index contributed by atoms with van der Waals surface area (Å²) in [6, 6.07) is 2.01. The molecule has 1 atom stereocenters. The summed E-state index contributed by atoms with van der Waals surface area (Å²) in [6.07, 6.45) is 3.55. The predicted molar refractivity (Wildman–Crippen MR) is 77.1 cm³/mol. The van der Waals surface area contributed by atoms with Crippen molar-refractivity contribution >= 4 is 5.91 Å². The second kappa shape index (κ2) is 5.35. The highest BCUT2D eigenvalue weighted by atomic mass is 16.3. The van der Waals surface area contributed by atoms with E-state index in [0.29, 0.717) is 12.3 Å². The van der Waals surface area contributed by atoms with Crippen LogP contribution in [0.5, 0.6) is 0 Å². The zero-order valence-corrected chi connectivity index (χ0v) is 12.7. The molecule has 1 aliphatic heterocycles. The van der Waals surface area contributed by atoms with E-state index in [0.717, 1.165) is 36.6 Å². The summed E-state index contributed by atoms with van der Waals surface area (Å²) in [7, 11) is 0. The van der Waals surface area contributed by atoms with Gasteiger partial charge in [0, 0.05) is 18.7 Å². The van der Waals surface area contributed by atoms with E-state index in [2.05, 4.69) is 10.1 Å². The molecule has 3 heterocycles. The molecule has 112 valence electrons. The van der Waals surface area contributed by atoms with Crippen molar-refractivity contribution in [3.05, 3.63) is 35.3 Å². The van der Waals surface area contributed by atoms with E-state index in [1.54, 1.807) is 6.26 Å². The van der Waals surface area contributed by atoms with E-state index in [-0.39, 0.29) is 11.9 Å². The van der Waals surface area contributed by atoms with Gasteiger partial charge in [0.15, 0.2) is 5.76 Å². The van der Waals surface area contributed by atoms with Crippen molar-refractivity contribution in [1.82, 2.24) is 19.7 Å². The number of furan rings is 1. The number of amides is 1. The van der Waals surface area contributed by atoms with Crippen molar-refractivity contribution in [1.29, 1.82) is 0 Å². The molecule has 1 fully saturated rings. The summed E-state index contributed by atoms with van der Waals surface area (Å²) >= 11 is 0. The summed E-state index contributed by atoms with van der Waals surface area (Å²) in [5.41, 5.74) is 0.884. The van der Waals surface area contributed by atoms with Crippen LogP contribution in [0.1, 0.15) is 46.7 Å². The van der Waals surface area contributed by atoms with Crippen molar-refractivity contribution in [3.63, 3.8) is 0 Å². The zero-order chi connectivity index (χ0) is 15.0. The Labute approximate surface area is 123 Å². The van der Waals surface area contributed by atoms with E-state index >= 15 is 0 Å². The Morgan fingerprint density at radius 1 is 1.38 bits per heavy atom. The molecule has 1 aliphatic rings. The van der Waals surface area contributed by atoms with Gasteiger partial charge < -0.3 is 9.32 Å². The number of carbonyl (C=O) groups is 1. The third-order valence-corrected chi connectivity index (χ3v) is 3.99. The molecule has 0 aromatic carbocycles. The first kappa shape index (κ1) is 13.9. The van der Waals surface area contributed by atoms with Crippen LogP contribution in [-0.2, 0) is 0 Å². The van der Waals surface area contributed by atoms with Gasteiger partial charge in [-0.25, -0.2) is 9.67 Å². The molecule has 0 spiro atoms. The number of nitrogens with zero attached hydrogens (tertiary/aromatic N) is 4. The largest absolute Gasteiger partial charge is 0.459 e.